The summed E-state index contributed by atoms with van der Waals surface area (Å²) in [6, 6.07) is 2.19. The van der Waals surface area contributed by atoms with Crippen molar-refractivity contribution in [1.29, 1.82) is 0 Å². The minimum atomic E-state index is -4.94. The van der Waals surface area contributed by atoms with Gasteiger partial charge in [-0.2, -0.15) is 13.2 Å². The second kappa shape index (κ2) is 16.5. The van der Waals surface area contributed by atoms with Gasteiger partial charge < -0.3 is 34.5 Å². The van der Waals surface area contributed by atoms with E-state index in [0.717, 1.165) is 4.90 Å². The van der Waals surface area contributed by atoms with Crippen LogP contribution in [0.5, 0.6) is 17.4 Å². The Labute approximate surface area is 345 Å². The van der Waals surface area contributed by atoms with Crippen LogP contribution in [-0.2, 0) is 29.1 Å². The number of allylic oxidation sites excluding steroid dienone is 1. The van der Waals surface area contributed by atoms with Gasteiger partial charge in [0.25, 0.3) is 5.91 Å². The van der Waals surface area contributed by atoms with E-state index in [4.69, 9.17) is 18.9 Å². The lowest BCUT2D eigenvalue weighted by Crippen LogP contribution is -2.60. The van der Waals surface area contributed by atoms with Crippen LogP contribution in [0.1, 0.15) is 72.6 Å². The number of amides is 4. The van der Waals surface area contributed by atoms with E-state index in [9.17, 15) is 45.2 Å². The van der Waals surface area contributed by atoms with Crippen molar-refractivity contribution in [1.82, 2.24) is 25.2 Å². The number of halogens is 4. The number of hydrogen-bond acceptors (Lipinski definition) is 11. The Bertz CT molecular complexity index is 2150. The Kier molecular flexibility index (Phi) is 12.3. The van der Waals surface area contributed by atoms with Gasteiger partial charge in [-0.3, -0.25) is 19.1 Å². The van der Waals surface area contributed by atoms with E-state index in [2.05, 4.69) is 15.6 Å². The maximum Gasteiger partial charge on any atom is 0.427 e. The average Bonchev–Trinajstić information content (AvgIpc) is 4.09. The number of alkyl halides is 4. The van der Waals surface area contributed by atoms with Gasteiger partial charge in [0.1, 0.15) is 46.6 Å². The highest BCUT2D eigenvalue weighted by Gasteiger charge is 2.64. The monoisotopic (exact) mass is 869 g/mol. The predicted octanol–water partition coefficient (Wildman–Crippen LogP) is 4.87. The second-order valence-corrected chi connectivity index (χ2v) is 18.9. The fourth-order valence-electron chi connectivity index (χ4n) is 7.73. The normalized spacial score (nSPS) is 28.8. The maximum atomic E-state index is 14.7. The van der Waals surface area contributed by atoms with Gasteiger partial charge >= 0.3 is 12.3 Å². The highest BCUT2D eigenvalue weighted by atomic mass is 32.2. The van der Waals surface area contributed by atoms with Crippen LogP contribution in [0.25, 0.3) is 10.8 Å². The van der Waals surface area contributed by atoms with E-state index in [1.807, 2.05) is 17.7 Å². The standard InChI is InChI=1S/C40H51F4N5O10S/c1-22-8-7-9-23(2)31(46-36(53)59-37(3,4)40(42,43)44)34(51)49-20-26(58-33-27-13-12-25(56-5)16-28(27)30(57-6)19-45-33)17-29(49)32(50)47-39(18-24(39)11-10-22)35(52)48-60(54,55)38(21-41)14-15-38/h10-13,16,19,22-24,26,29,31H,7-9,14-15,17-18,20-21H2,1-6H3,(H,46,53)(H,47,50)(H,48,52)/b11-10-/t22-,23-,24-,26-,29+,31?,39-/m1/s1. The molecule has 7 atom stereocenters. The molecule has 0 spiro atoms. The van der Waals surface area contributed by atoms with Crippen molar-refractivity contribution >= 4 is 44.6 Å². The molecule has 4 aliphatic rings. The first kappa shape index (κ1) is 44.7. The predicted molar refractivity (Wildman–Crippen MR) is 208 cm³/mol. The molecule has 1 unspecified atom stereocenters. The number of alkyl carbamates (subject to hydrolysis) is 1. The number of methoxy groups -OCH3 is 2. The van der Waals surface area contributed by atoms with Crippen LogP contribution >= 0.6 is 0 Å². The first-order valence-electron chi connectivity index (χ1n) is 19.8. The summed E-state index contributed by atoms with van der Waals surface area (Å²) in [7, 11) is -1.52. The lowest BCUT2D eigenvalue weighted by atomic mass is 9.92. The molecule has 330 valence electrons. The Morgan fingerprint density at radius 3 is 2.40 bits per heavy atom. The van der Waals surface area contributed by atoms with Crippen molar-refractivity contribution in [3.05, 3.63) is 36.5 Å². The third-order valence-corrected chi connectivity index (χ3v) is 14.2. The van der Waals surface area contributed by atoms with Gasteiger partial charge in [-0.15, -0.1) is 0 Å². The first-order valence-corrected chi connectivity index (χ1v) is 21.3. The molecular formula is C40H51F4N5O10S. The number of ether oxygens (including phenoxy) is 4. The number of nitrogens with zero attached hydrogens (tertiary/aromatic N) is 2. The summed E-state index contributed by atoms with van der Waals surface area (Å²) in [5, 5.41) is 6.14. The summed E-state index contributed by atoms with van der Waals surface area (Å²) < 4.78 is 104. The molecule has 15 nitrogen and oxygen atoms in total. The average molecular weight is 870 g/mol. The fourth-order valence-corrected chi connectivity index (χ4v) is 9.15. The summed E-state index contributed by atoms with van der Waals surface area (Å²) >= 11 is 0. The Morgan fingerprint density at radius 2 is 1.77 bits per heavy atom. The van der Waals surface area contributed by atoms with Crippen LogP contribution in [0.4, 0.5) is 22.4 Å². The highest BCUT2D eigenvalue weighted by molar-refractivity contribution is 7.91. The molecule has 3 heterocycles. The lowest BCUT2D eigenvalue weighted by molar-refractivity contribution is -0.244. The van der Waals surface area contributed by atoms with Gasteiger partial charge in [0.15, 0.2) is 0 Å². The van der Waals surface area contributed by atoms with E-state index in [0.29, 0.717) is 55.4 Å². The summed E-state index contributed by atoms with van der Waals surface area (Å²) in [6.07, 6.45) is -1.14. The Morgan fingerprint density at radius 1 is 1.05 bits per heavy atom. The molecule has 0 bridgehead atoms. The molecular weight excluding hydrogens is 819 g/mol. The molecule has 1 saturated heterocycles. The van der Waals surface area contributed by atoms with Crippen LogP contribution in [0.3, 0.4) is 0 Å². The van der Waals surface area contributed by atoms with Crippen molar-refractivity contribution in [2.75, 3.05) is 27.4 Å². The summed E-state index contributed by atoms with van der Waals surface area (Å²) in [5.41, 5.74) is -4.70. The number of hydrogen-bond donors (Lipinski definition) is 3. The molecule has 2 aromatic rings. The zero-order chi connectivity index (χ0) is 44.0. The third kappa shape index (κ3) is 8.79. The number of fused-ring (bicyclic) bond motifs is 3. The molecule has 1 aromatic carbocycles. The van der Waals surface area contributed by atoms with Gasteiger partial charge in [0.05, 0.1) is 27.0 Å². The number of benzene rings is 1. The van der Waals surface area contributed by atoms with Gasteiger partial charge in [-0.25, -0.2) is 22.6 Å². The van der Waals surface area contributed by atoms with Crippen LogP contribution < -0.4 is 29.6 Å². The van der Waals surface area contributed by atoms with E-state index < -0.39 is 92.6 Å². The molecule has 2 saturated carbocycles. The molecule has 20 heteroatoms. The minimum absolute atomic E-state index is 0.000199. The molecule has 4 amide bonds. The Hall–Kier alpha value is -4.88. The van der Waals surface area contributed by atoms with Crippen molar-refractivity contribution in [3.8, 4) is 17.4 Å². The van der Waals surface area contributed by atoms with Crippen LogP contribution in [-0.4, -0.2) is 110 Å². The molecule has 2 aliphatic heterocycles. The Balaban J connectivity index is 1.36. The van der Waals surface area contributed by atoms with Gasteiger partial charge in [-0.05, 0) is 76.0 Å². The highest BCUT2D eigenvalue weighted by Crippen LogP contribution is 2.48. The third-order valence-electron chi connectivity index (χ3n) is 12.1. The molecule has 3 fully saturated rings. The van der Waals surface area contributed by atoms with Crippen LogP contribution in [0.15, 0.2) is 36.5 Å². The number of rotatable bonds is 10. The van der Waals surface area contributed by atoms with Gasteiger partial charge in [0, 0.05) is 23.1 Å². The molecule has 0 radical (unpaired) electrons. The number of pyridine rings is 1. The van der Waals surface area contributed by atoms with Crippen molar-refractivity contribution in [2.24, 2.45) is 17.8 Å². The zero-order valence-corrected chi connectivity index (χ0v) is 35.0. The van der Waals surface area contributed by atoms with Crippen molar-refractivity contribution in [2.45, 2.75) is 113 Å². The topological polar surface area (TPSA) is 192 Å². The number of carbonyl (C=O) groups excluding carboxylic acids is 4. The number of sulfonamides is 1. The lowest BCUT2D eigenvalue weighted by Gasteiger charge is -2.33. The summed E-state index contributed by atoms with van der Waals surface area (Å²) in [6.45, 7) is 3.42. The van der Waals surface area contributed by atoms with Crippen molar-refractivity contribution in [3.63, 3.8) is 0 Å². The van der Waals surface area contributed by atoms with E-state index >= 15 is 0 Å². The molecule has 1 aromatic heterocycles. The smallest absolute Gasteiger partial charge is 0.427 e. The van der Waals surface area contributed by atoms with Gasteiger partial charge in [-0.1, -0.05) is 32.4 Å². The summed E-state index contributed by atoms with van der Waals surface area (Å²) in [4.78, 5) is 61.9. The number of nitrogens with one attached hydrogen (secondary N) is 3. The molecule has 6 rings (SSSR count). The van der Waals surface area contributed by atoms with Crippen molar-refractivity contribution < 1.29 is 64.1 Å². The van der Waals surface area contributed by atoms with E-state index in [-0.39, 0.29) is 44.0 Å². The molecule has 2 aliphatic carbocycles. The van der Waals surface area contributed by atoms with Crippen LogP contribution in [0, 0.1) is 17.8 Å². The largest absolute Gasteiger partial charge is 0.497 e. The number of carbonyl (C=O) groups is 4. The zero-order valence-electron chi connectivity index (χ0n) is 34.2. The SMILES string of the molecule is COc1ccc2c(O[C@@H]3C[C@H]4C(=O)N[C@]5(C(=O)NS(=O)(=O)C6(CF)CC6)C[C@H]5/C=C\[C@H](C)CCC[C@@H](C)C(NC(=O)OC(C)(C)C(F)(F)F)C(=O)N4C3)ncc(OC)c2c1. The van der Waals surface area contributed by atoms with E-state index in [1.54, 1.807) is 31.2 Å². The fraction of sp³-hybridized carbons (Fsp3) is 0.625. The number of aromatic nitrogens is 1. The molecule has 3 N–H and O–H groups in total. The second-order valence-electron chi connectivity index (χ2n) is 16.8. The molecule has 60 heavy (non-hydrogen) atoms. The maximum absolute atomic E-state index is 14.7. The van der Waals surface area contributed by atoms with Crippen LogP contribution in [0.2, 0.25) is 0 Å². The van der Waals surface area contributed by atoms with E-state index in [1.165, 1.54) is 20.4 Å². The first-order chi connectivity index (χ1) is 28.1. The van der Waals surface area contributed by atoms with Gasteiger partial charge in [0.2, 0.25) is 33.3 Å². The quantitative estimate of drug-likeness (QED) is 0.218. The minimum Gasteiger partial charge on any atom is -0.497 e. The summed E-state index contributed by atoms with van der Waals surface area (Å²) in [5.74, 6) is -3.14.